The normalized spacial score (nSPS) is 10.3. The molecule has 2 rings (SSSR count). The van der Waals surface area contributed by atoms with Gasteiger partial charge in [0.25, 0.3) is 5.91 Å². The third-order valence-electron chi connectivity index (χ3n) is 2.91. The molecule has 2 aromatic heterocycles. The Balaban J connectivity index is 1.64. The molecule has 5 nitrogen and oxygen atoms in total. The van der Waals surface area contributed by atoms with Crippen molar-refractivity contribution in [2.45, 2.75) is 26.3 Å². The van der Waals surface area contributed by atoms with Gasteiger partial charge in [0.1, 0.15) is 0 Å². The summed E-state index contributed by atoms with van der Waals surface area (Å²) in [6.45, 7) is 2.93. The van der Waals surface area contributed by atoms with Gasteiger partial charge in [0.15, 0.2) is 5.76 Å². The van der Waals surface area contributed by atoms with Crippen molar-refractivity contribution < 1.29 is 14.0 Å². The SMILES string of the molecule is CCc1ccc(CNC(=O)CCNC(=O)c2ccco2)s1. The maximum Gasteiger partial charge on any atom is 0.286 e. The fourth-order valence-electron chi connectivity index (χ4n) is 1.77. The number of furan rings is 1. The second-order valence-corrected chi connectivity index (χ2v) is 5.73. The first-order valence-corrected chi connectivity index (χ1v) is 7.66. The van der Waals surface area contributed by atoms with Crippen molar-refractivity contribution in [1.29, 1.82) is 0 Å². The molecule has 0 unspecified atom stereocenters. The zero-order valence-electron chi connectivity index (χ0n) is 11.8. The van der Waals surface area contributed by atoms with E-state index < -0.39 is 0 Å². The molecule has 2 heterocycles. The minimum atomic E-state index is -0.307. The van der Waals surface area contributed by atoms with E-state index in [2.05, 4.69) is 23.6 Å². The number of amides is 2. The Hall–Kier alpha value is -2.08. The number of rotatable bonds is 7. The quantitative estimate of drug-likeness (QED) is 0.825. The molecule has 2 amide bonds. The van der Waals surface area contributed by atoms with Crippen molar-refractivity contribution in [3.63, 3.8) is 0 Å². The van der Waals surface area contributed by atoms with Crippen LogP contribution in [0.1, 0.15) is 33.7 Å². The van der Waals surface area contributed by atoms with Crippen LogP contribution in [0.5, 0.6) is 0 Å². The second-order valence-electron chi connectivity index (χ2n) is 4.48. The molecule has 0 aliphatic rings. The number of carbonyl (C=O) groups is 2. The Morgan fingerprint density at radius 2 is 2.00 bits per heavy atom. The molecule has 0 aliphatic carbocycles. The van der Waals surface area contributed by atoms with Gasteiger partial charge in [-0.15, -0.1) is 11.3 Å². The monoisotopic (exact) mass is 306 g/mol. The molecule has 0 fully saturated rings. The first-order chi connectivity index (χ1) is 10.2. The molecule has 0 aromatic carbocycles. The van der Waals surface area contributed by atoms with E-state index >= 15 is 0 Å². The summed E-state index contributed by atoms with van der Waals surface area (Å²) < 4.78 is 4.96. The Bertz CT molecular complexity index is 590. The lowest BCUT2D eigenvalue weighted by Gasteiger charge is -2.04. The van der Waals surface area contributed by atoms with Gasteiger partial charge in [-0.1, -0.05) is 6.92 Å². The average Bonchev–Trinajstić information content (AvgIpc) is 3.16. The molecule has 0 saturated heterocycles. The molecule has 2 aromatic rings. The first kappa shape index (κ1) is 15.3. The van der Waals surface area contributed by atoms with E-state index in [1.54, 1.807) is 23.5 Å². The van der Waals surface area contributed by atoms with Gasteiger partial charge in [0, 0.05) is 22.7 Å². The fraction of sp³-hybridized carbons (Fsp3) is 0.333. The fourth-order valence-corrected chi connectivity index (χ4v) is 2.66. The highest BCUT2D eigenvalue weighted by Crippen LogP contribution is 2.16. The van der Waals surface area contributed by atoms with Gasteiger partial charge >= 0.3 is 0 Å². The van der Waals surface area contributed by atoms with E-state index in [1.807, 2.05) is 6.07 Å². The van der Waals surface area contributed by atoms with E-state index in [4.69, 9.17) is 4.42 Å². The van der Waals surface area contributed by atoms with Crippen molar-refractivity contribution >= 4 is 23.2 Å². The van der Waals surface area contributed by atoms with Crippen LogP contribution in [0.3, 0.4) is 0 Å². The summed E-state index contributed by atoms with van der Waals surface area (Å²) in [6.07, 6.45) is 2.70. The van der Waals surface area contributed by atoms with E-state index in [0.29, 0.717) is 6.54 Å². The summed E-state index contributed by atoms with van der Waals surface area (Å²) in [4.78, 5) is 25.7. The van der Waals surface area contributed by atoms with E-state index in [-0.39, 0.29) is 30.5 Å². The van der Waals surface area contributed by atoms with Crippen LogP contribution in [-0.4, -0.2) is 18.4 Å². The lowest BCUT2D eigenvalue weighted by molar-refractivity contribution is -0.121. The predicted molar refractivity (Wildman–Crippen MR) is 81.2 cm³/mol. The molecule has 6 heteroatoms. The van der Waals surface area contributed by atoms with E-state index in [1.165, 1.54) is 11.1 Å². The van der Waals surface area contributed by atoms with Crippen molar-refractivity contribution in [2.75, 3.05) is 6.54 Å². The molecule has 0 aliphatic heterocycles. The smallest absolute Gasteiger partial charge is 0.286 e. The highest BCUT2D eigenvalue weighted by molar-refractivity contribution is 7.11. The summed E-state index contributed by atoms with van der Waals surface area (Å²) in [6, 6.07) is 7.34. The van der Waals surface area contributed by atoms with Crippen LogP contribution >= 0.6 is 11.3 Å². The van der Waals surface area contributed by atoms with Crippen LogP contribution in [0.4, 0.5) is 0 Å². The Labute approximate surface area is 127 Å². The van der Waals surface area contributed by atoms with Gasteiger partial charge in [-0.3, -0.25) is 9.59 Å². The van der Waals surface area contributed by atoms with Crippen molar-refractivity contribution in [2.24, 2.45) is 0 Å². The number of hydrogen-bond donors (Lipinski definition) is 2. The number of thiophene rings is 1. The molecular weight excluding hydrogens is 288 g/mol. The summed E-state index contributed by atoms with van der Waals surface area (Å²) in [7, 11) is 0. The third kappa shape index (κ3) is 4.75. The lowest BCUT2D eigenvalue weighted by atomic mass is 10.3. The van der Waals surface area contributed by atoms with Crippen LogP contribution in [0.15, 0.2) is 34.9 Å². The maximum absolute atomic E-state index is 11.7. The van der Waals surface area contributed by atoms with Crippen LogP contribution in [0, 0.1) is 0 Å². The summed E-state index contributed by atoms with van der Waals surface area (Å²) in [5.74, 6) is -0.138. The second kappa shape index (κ2) is 7.64. The maximum atomic E-state index is 11.7. The minimum absolute atomic E-state index is 0.0822. The van der Waals surface area contributed by atoms with Crippen molar-refractivity contribution in [3.05, 3.63) is 46.0 Å². The van der Waals surface area contributed by atoms with Gasteiger partial charge in [0.2, 0.25) is 5.91 Å². The zero-order chi connectivity index (χ0) is 15.1. The zero-order valence-corrected chi connectivity index (χ0v) is 12.7. The van der Waals surface area contributed by atoms with Crippen LogP contribution < -0.4 is 10.6 Å². The first-order valence-electron chi connectivity index (χ1n) is 6.85. The van der Waals surface area contributed by atoms with Crippen LogP contribution in [0.25, 0.3) is 0 Å². The van der Waals surface area contributed by atoms with Crippen molar-refractivity contribution in [1.82, 2.24) is 10.6 Å². The minimum Gasteiger partial charge on any atom is -0.459 e. The Morgan fingerprint density at radius 1 is 1.19 bits per heavy atom. The molecule has 0 spiro atoms. The molecule has 112 valence electrons. The van der Waals surface area contributed by atoms with E-state index in [9.17, 15) is 9.59 Å². The molecule has 0 atom stereocenters. The number of aryl methyl sites for hydroxylation is 1. The number of hydrogen-bond acceptors (Lipinski definition) is 4. The van der Waals surface area contributed by atoms with Gasteiger partial charge in [-0.05, 0) is 30.7 Å². The van der Waals surface area contributed by atoms with Gasteiger partial charge in [-0.25, -0.2) is 0 Å². The molecule has 0 saturated carbocycles. The summed E-state index contributed by atoms with van der Waals surface area (Å²) in [5.41, 5.74) is 0. The van der Waals surface area contributed by atoms with Gasteiger partial charge in [0.05, 0.1) is 12.8 Å². The van der Waals surface area contributed by atoms with Crippen LogP contribution in [0.2, 0.25) is 0 Å². The summed E-state index contributed by atoms with van der Waals surface area (Å²) >= 11 is 1.71. The molecule has 0 bridgehead atoms. The molecule has 0 radical (unpaired) electrons. The highest BCUT2D eigenvalue weighted by Gasteiger charge is 2.08. The average molecular weight is 306 g/mol. The number of nitrogens with one attached hydrogen (secondary N) is 2. The lowest BCUT2D eigenvalue weighted by Crippen LogP contribution is -2.30. The summed E-state index contributed by atoms with van der Waals surface area (Å²) in [5, 5.41) is 5.48. The van der Waals surface area contributed by atoms with Gasteiger partial charge < -0.3 is 15.1 Å². The van der Waals surface area contributed by atoms with Gasteiger partial charge in [-0.2, -0.15) is 0 Å². The predicted octanol–water partition coefficient (Wildman–Crippen LogP) is 2.34. The Morgan fingerprint density at radius 3 is 2.67 bits per heavy atom. The topological polar surface area (TPSA) is 71.3 Å². The largest absolute Gasteiger partial charge is 0.459 e. The Kier molecular flexibility index (Phi) is 5.57. The van der Waals surface area contributed by atoms with Crippen LogP contribution in [-0.2, 0) is 17.8 Å². The highest BCUT2D eigenvalue weighted by atomic mass is 32.1. The molecule has 2 N–H and O–H groups in total. The molecular formula is C15H18N2O3S. The van der Waals surface area contributed by atoms with Crippen molar-refractivity contribution in [3.8, 4) is 0 Å². The standard InChI is InChI=1S/C15H18N2O3S/c1-2-11-5-6-12(21-11)10-17-14(18)7-8-16-15(19)13-4-3-9-20-13/h3-6,9H,2,7-8,10H2,1H3,(H,16,19)(H,17,18). The van der Waals surface area contributed by atoms with E-state index in [0.717, 1.165) is 11.3 Å². The third-order valence-corrected chi connectivity index (χ3v) is 4.14. The number of carbonyl (C=O) groups excluding carboxylic acids is 2. The molecule has 21 heavy (non-hydrogen) atoms.